The normalized spacial score (nSPS) is 15.9. The molecule has 3 heterocycles. The summed E-state index contributed by atoms with van der Waals surface area (Å²) in [5.74, 6) is -1.77. The van der Waals surface area contributed by atoms with Gasteiger partial charge in [0.15, 0.2) is 11.6 Å². The molecule has 1 unspecified atom stereocenters. The number of benzene rings is 2. The van der Waals surface area contributed by atoms with Gasteiger partial charge in [0.1, 0.15) is 22.7 Å². The molecule has 4 aromatic rings. The molecule has 2 aromatic heterocycles. The van der Waals surface area contributed by atoms with Crippen LogP contribution in [0.25, 0.3) is 16.7 Å². The number of nitrogens with two attached hydrogens (primary N) is 1. The number of para-hydroxylation sites is 1. The van der Waals surface area contributed by atoms with E-state index < -0.39 is 28.8 Å². The summed E-state index contributed by atoms with van der Waals surface area (Å²) in [6.45, 7) is 3.26. The number of carbonyl (C=O) groups excluding carboxylic acids is 1. The van der Waals surface area contributed by atoms with Crippen LogP contribution < -0.4 is 21.5 Å². The minimum Gasteiger partial charge on any atom is -0.366 e. The van der Waals surface area contributed by atoms with Gasteiger partial charge in [-0.05, 0) is 50.1 Å². The summed E-state index contributed by atoms with van der Waals surface area (Å²) in [7, 11) is 1.92. The van der Waals surface area contributed by atoms with Crippen molar-refractivity contribution in [1.29, 1.82) is 0 Å². The number of nitrogens with one attached hydrogen (secondary N) is 1. The SMILES string of the molecule is Cc1nc2c(N3CCCC(N)C3)c(NC(=O)c3ccc(=O)n(-c4c(F)cccc4F)n3)ccc2n1C. The summed E-state index contributed by atoms with van der Waals surface area (Å²) in [5.41, 5.74) is 7.50. The molecule has 0 aliphatic carbocycles. The molecule has 1 atom stereocenters. The van der Waals surface area contributed by atoms with E-state index in [0.717, 1.165) is 60.1 Å². The predicted molar refractivity (Wildman–Crippen MR) is 133 cm³/mol. The zero-order valence-corrected chi connectivity index (χ0v) is 19.8. The fourth-order valence-electron chi connectivity index (χ4n) is 4.57. The number of rotatable bonds is 4. The highest BCUT2D eigenvalue weighted by atomic mass is 19.1. The number of anilines is 2. The van der Waals surface area contributed by atoms with Crippen molar-refractivity contribution in [2.24, 2.45) is 12.8 Å². The number of carbonyl (C=O) groups is 1. The number of nitrogens with zero attached hydrogens (tertiary/aromatic N) is 5. The molecule has 1 aliphatic heterocycles. The van der Waals surface area contributed by atoms with Gasteiger partial charge < -0.3 is 20.5 Å². The topological polar surface area (TPSA) is 111 Å². The summed E-state index contributed by atoms with van der Waals surface area (Å²) >= 11 is 0. The molecule has 1 amide bonds. The van der Waals surface area contributed by atoms with Gasteiger partial charge >= 0.3 is 0 Å². The number of amides is 1. The van der Waals surface area contributed by atoms with Gasteiger partial charge in [-0.15, -0.1) is 0 Å². The lowest BCUT2D eigenvalue weighted by Gasteiger charge is -2.34. The van der Waals surface area contributed by atoms with Crippen molar-refractivity contribution in [1.82, 2.24) is 19.3 Å². The van der Waals surface area contributed by atoms with E-state index in [2.05, 4.69) is 15.3 Å². The molecule has 0 saturated carbocycles. The Labute approximate surface area is 205 Å². The van der Waals surface area contributed by atoms with Gasteiger partial charge in [0.05, 0.1) is 16.9 Å². The van der Waals surface area contributed by atoms with Crippen LogP contribution in [0.3, 0.4) is 0 Å². The Morgan fingerprint density at radius 3 is 2.58 bits per heavy atom. The first-order chi connectivity index (χ1) is 17.2. The van der Waals surface area contributed by atoms with Crippen LogP contribution in [-0.4, -0.2) is 44.4 Å². The fraction of sp³-hybridized carbons (Fsp3) is 0.280. The number of imidazole rings is 1. The lowest BCUT2D eigenvalue weighted by atomic mass is 10.0. The van der Waals surface area contributed by atoms with Crippen LogP contribution in [0.4, 0.5) is 20.2 Å². The van der Waals surface area contributed by atoms with E-state index in [1.165, 1.54) is 12.1 Å². The monoisotopic (exact) mass is 493 g/mol. The number of aryl methyl sites for hydroxylation is 2. The first-order valence-corrected chi connectivity index (χ1v) is 11.6. The van der Waals surface area contributed by atoms with E-state index in [-0.39, 0.29) is 11.7 Å². The first kappa shape index (κ1) is 23.6. The fourth-order valence-corrected chi connectivity index (χ4v) is 4.57. The number of piperidine rings is 1. The van der Waals surface area contributed by atoms with Crippen LogP contribution in [0.5, 0.6) is 0 Å². The Bertz CT molecular complexity index is 1530. The van der Waals surface area contributed by atoms with Crippen LogP contribution in [0.1, 0.15) is 29.2 Å². The summed E-state index contributed by atoms with van der Waals surface area (Å²) < 4.78 is 31.1. The largest absolute Gasteiger partial charge is 0.366 e. The summed E-state index contributed by atoms with van der Waals surface area (Å²) in [6.07, 6.45) is 1.81. The second-order valence-electron chi connectivity index (χ2n) is 8.89. The van der Waals surface area contributed by atoms with Crippen LogP contribution in [0.15, 0.2) is 47.3 Å². The third-order valence-corrected chi connectivity index (χ3v) is 6.45. The van der Waals surface area contributed by atoms with Gasteiger partial charge in [-0.1, -0.05) is 6.07 Å². The average Bonchev–Trinajstić information content (AvgIpc) is 3.13. The van der Waals surface area contributed by atoms with Gasteiger partial charge in [-0.2, -0.15) is 9.78 Å². The molecular weight excluding hydrogens is 468 g/mol. The molecule has 5 rings (SSSR count). The zero-order valence-electron chi connectivity index (χ0n) is 19.8. The van der Waals surface area contributed by atoms with Crippen LogP contribution >= 0.6 is 0 Å². The third-order valence-electron chi connectivity index (χ3n) is 6.45. The Hall–Kier alpha value is -4.12. The lowest BCUT2D eigenvalue weighted by molar-refractivity contribution is 0.102. The molecule has 11 heteroatoms. The third kappa shape index (κ3) is 4.11. The minimum absolute atomic E-state index is 0.0109. The van der Waals surface area contributed by atoms with Gasteiger partial charge in [-0.25, -0.2) is 13.8 Å². The average molecular weight is 494 g/mol. The number of hydrogen-bond donors (Lipinski definition) is 2. The minimum atomic E-state index is -0.971. The zero-order chi connectivity index (χ0) is 25.6. The number of aromatic nitrogens is 4. The predicted octanol–water partition coefficient (Wildman–Crippen LogP) is 2.89. The molecule has 0 bridgehead atoms. The Morgan fingerprint density at radius 1 is 1.11 bits per heavy atom. The van der Waals surface area contributed by atoms with E-state index in [4.69, 9.17) is 10.7 Å². The van der Waals surface area contributed by atoms with Crippen molar-refractivity contribution in [3.8, 4) is 5.69 Å². The molecule has 0 spiro atoms. The Morgan fingerprint density at radius 2 is 1.86 bits per heavy atom. The van der Waals surface area contributed by atoms with Crippen molar-refractivity contribution < 1.29 is 13.6 Å². The second kappa shape index (κ2) is 9.15. The molecule has 3 N–H and O–H groups in total. The molecule has 0 radical (unpaired) electrons. The number of halogens is 2. The van der Waals surface area contributed by atoms with Crippen molar-refractivity contribution in [2.45, 2.75) is 25.8 Å². The highest BCUT2D eigenvalue weighted by molar-refractivity contribution is 6.08. The molecule has 186 valence electrons. The second-order valence-corrected chi connectivity index (χ2v) is 8.89. The van der Waals surface area contributed by atoms with Crippen molar-refractivity contribution >= 4 is 28.3 Å². The van der Waals surface area contributed by atoms with E-state index >= 15 is 0 Å². The first-order valence-electron chi connectivity index (χ1n) is 11.6. The lowest BCUT2D eigenvalue weighted by Crippen LogP contribution is -2.43. The van der Waals surface area contributed by atoms with Gasteiger partial charge in [0, 0.05) is 32.2 Å². The van der Waals surface area contributed by atoms with Crippen molar-refractivity contribution in [3.05, 3.63) is 76.0 Å². The molecular formula is C25H25F2N7O2. The van der Waals surface area contributed by atoms with Gasteiger partial charge in [-0.3, -0.25) is 9.59 Å². The molecule has 1 aliphatic rings. The molecule has 1 saturated heterocycles. The summed E-state index contributed by atoms with van der Waals surface area (Å²) in [5, 5.41) is 6.81. The quantitative estimate of drug-likeness (QED) is 0.452. The molecule has 2 aromatic carbocycles. The van der Waals surface area contributed by atoms with Crippen molar-refractivity contribution in [2.75, 3.05) is 23.3 Å². The molecule has 1 fully saturated rings. The van der Waals surface area contributed by atoms with E-state index in [0.29, 0.717) is 16.9 Å². The number of hydrogen-bond acceptors (Lipinski definition) is 6. The standard InChI is InChI=1S/C25H25F2N7O2/c1-14-29-22-20(32(14)2)10-8-18(24(22)33-12-4-5-15(28)13-33)30-25(36)19-9-11-21(35)34(31-19)23-16(26)6-3-7-17(23)27/h3,6-11,15H,4-5,12-13,28H2,1-2H3,(H,30,36). The summed E-state index contributed by atoms with van der Waals surface area (Å²) in [4.78, 5) is 32.4. The molecule has 9 nitrogen and oxygen atoms in total. The van der Waals surface area contributed by atoms with Crippen LogP contribution in [0, 0.1) is 18.6 Å². The highest BCUT2D eigenvalue weighted by Crippen LogP contribution is 2.36. The Kier molecular flexibility index (Phi) is 6.00. The smallest absolute Gasteiger partial charge is 0.276 e. The maximum absolute atomic E-state index is 14.3. The maximum atomic E-state index is 14.3. The number of fused-ring (bicyclic) bond motifs is 1. The van der Waals surface area contributed by atoms with Crippen molar-refractivity contribution in [3.63, 3.8) is 0 Å². The van der Waals surface area contributed by atoms with Crippen LogP contribution in [0.2, 0.25) is 0 Å². The van der Waals surface area contributed by atoms with Gasteiger partial charge in [0.2, 0.25) is 0 Å². The Balaban J connectivity index is 1.56. The van der Waals surface area contributed by atoms with E-state index in [1.54, 1.807) is 6.07 Å². The van der Waals surface area contributed by atoms with E-state index in [9.17, 15) is 18.4 Å². The van der Waals surface area contributed by atoms with E-state index in [1.807, 2.05) is 24.6 Å². The molecule has 36 heavy (non-hydrogen) atoms. The highest BCUT2D eigenvalue weighted by Gasteiger charge is 2.25. The van der Waals surface area contributed by atoms with Gasteiger partial charge in [0.25, 0.3) is 11.5 Å². The van der Waals surface area contributed by atoms with Crippen LogP contribution in [-0.2, 0) is 7.05 Å². The maximum Gasteiger partial charge on any atom is 0.276 e. The summed E-state index contributed by atoms with van der Waals surface area (Å²) in [6, 6.07) is 9.10.